The Morgan fingerprint density at radius 2 is 0.792 bits per heavy atom. The topological polar surface area (TPSA) is 0 Å². The van der Waals surface area contributed by atoms with Gasteiger partial charge in [0.25, 0.3) is 0 Å². The molecule has 0 amide bonds. The van der Waals surface area contributed by atoms with Gasteiger partial charge < -0.3 is 33.8 Å². The van der Waals surface area contributed by atoms with Gasteiger partial charge in [-0.1, -0.05) is 60.7 Å². The fourth-order valence-corrected chi connectivity index (χ4v) is 4.36. The zero-order valence-electron chi connectivity index (χ0n) is 14.1. The first kappa shape index (κ1) is 19.3. The van der Waals surface area contributed by atoms with Gasteiger partial charge in [-0.15, -0.1) is 0 Å². The van der Waals surface area contributed by atoms with Gasteiger partial charge in [0.15, 0.2) is 0 Å². The first-order chi connectivity index (χ1) is 10.8. The SMILES string of the molecule is [Cl-].[Cl-].c1ccc(C[N+]23CC[N+](Cc4ccccc4)(CC2)CC3)cc1. The van der Waals surface area contributed by atoms with Crippen LogP contribution in [0.25, 0.3) is 0 Å². The monoisotopic (exact) mass is 364 g/mol. The molecule has 4 heteroatoms. The van der Waals surface area contributed by atoms with E-state index in [2.05, 4.69) is 60.7 Å². The summed E-state index contributed by atoms with van der Waals surface area (Å²) in [6.45, 7) is 10.6. The van der Waals surface area contributed by atoms with Gasteiger partial charge in [0.2, 0.25) is 0 Å². The molecule has 3 aliphatic heterocycles. The van der Waals surface area contributed by atoms with Crippen LogP contribution in [0.5, 0.6) is 0 Å². The molecule has 0 atom stereocenters. The number of hydrogen-bond donors (Lipinski definition) is 0. The Hall–Kier alpha value is -1.06. The minimum atomic E-state index is 0. The van der Waals surface area contributed by atoms with Crippen LogP contribution in [0.4, 0.5) is 0 Å². The fraction of sp³-hybridized carbons (Fsp3) is 0.400. The molecule has 0 saturated carbocycles. The van der Waals surface area contributed by atoms with E-state index in [4.69, 9.17) is 0 Å². The Morgan fingerprint density at radius 3 is 1.08 bits per heavy atom. The van der Waals surface area contributed by atoms with Crippen molar-refractivity contribution < 1.29 is 33.8 Å². The second-order valence-electron chi connectivity index (χ2n) is 7.31. The minimum Gasteiger partial charge on any atom is -1.00 e. The van der Waals surface area contributed by atoms with E-state index in [9.17, 15) is 0 Å². The first-order valence-electron chi connectivity index (χ1n) is 8.56. The third kappa shape index (κ3) is 3.94. The lowest BCUT2D eigenvalue weighted by molar-refractivity contribution is -1.09. The molecule has 2 nitrogen and oxygen atoms in total. The average Bonchev–Trinajstić information content (AvgIpc) is 2.58. The summed E-state index contributed by atoms with van der Waals surface area (Å²) in [5.74, 6) is 0. The molecule has 0 unspecified atom stereocenters. The van der Waals surface area contributed by atoms with E-state index in [1.807, 2.05) is 0 Å². The van der Waals surface area contributed by atoms with Gasteiger partial charge in [-0.05, 0) is 0 Å². The van der Waals surface area contributed by atoms with Gasteiger partial charge in [-0.25, -0.2) is 0 Å². The Labute approximate surface area is 158 Å². The van der Waals surface area contributed by atoms with Crippen LogP contribution in [0.3, 0.4) is 0 Å². The van der Waals surface area contributed by atoms with E-state index in [1.54, 1.807) is 0 Å². The molecule has 2 aromatic rings. The van der Waals surface area contributed by atoms with E-state index in [0.29, 0.717) is 0 Å². The highest BCUT2D eigenvalue weighted by Gasteiger charge is 2.48. The predicted octanol–water partition coefficient (Wildman–Crippen LogP) is -2.94. The maximum Gasteiger partial charge on any atom is 0.129 e. The normalized spacial score (nSPS) is 27.8. The fourth-order valence-electron chi connectivity index (χ4n) is 4.36. The van der Waals surface area contributed by atoms with Crippen LogP contribution < -0.4 is 24.8 Å². The lowest BCUT2D eigenvalue weighted by Gasteiger charge is -2.55. The van der Waals surface area contributed by atoms with E-state index in [1.165, 1.54) is 72.5 Å². The number of rotatable bonds is 4. The second-order valence-corrected chi connectivity index (χ2v) is 7.31. The molecule has 0 spiro atoms. The van der Waals surface area contributed by atoms with Gasteiger partial charge in [-0.2, -0.15) is 0 Å². The molecular formula is C20H26Cl2N2. The first-order valence-corrected chi connectivity index (χ1v) is 8.56. The number of halogens is 2. The van der Waals surface area contributed by atoms with Crippen LogP contribution in [0.2, 0.25) is 0 Å². The van der Waals surface area contributed by atoms with E-state index < -0.39 is 0 Å². The molecule has 3 heterocycles. The van der Waals surface area contributed by atoms with Crippen LogP contribution in [-0.4, -0.2) is 48.2 Å². The molecule has 24 heavy (non-hydrogen) atoms. The Kier molecular flexibility index (Phi) is 6.33. The predicted molar refractivity (Wildman–Crippen MR) is 90.0 cm³/mol. The Bertz CT molecular complexity index is 549. The van der Waals surface area contributed by atoms with Gasteiger partial charge in [0.05, 0.1) is 0 Å². The highest BCUT2D eigenvalue weighted by Crippen LogP contribution is 2.30. The third-order valence-corrected chi connectivity index (χ3v) is 5.87. The molecule has 0 aromatic heterocycles. The quantitative estimate of drug-likeness (QED) is 0.509. The number of hydrogen-bond acceptors (Lipinski definition) is 0. The van der Waals surface area contributed by atoms with Gasteiger partial charge >= 0.3 is 0 Å². The van der Waals surface area contributed by atoms with Crippen molar-refractivity contribution in [2.24, 2.45) is 0 Å². The molecule has 0 aliphatic carbocycles. The molecule has 3 aliphatic rings. The van der Waals surface area contributed by atoms with Crippen LogP contribution >= 0.6 is 0 Å². The van der Waals surface area contributed by atoms with Crippen molar-refractivity contribution in [1.82, 2.24) is 0 Å². The Morgan fingerprint density at radius 1 is 0.500 bits per heavy atom. The van der Waals surface area contributed by atoms with Crippen molar-refractivity contribution >= 4 is 0 Å². The van der Waals surface area contributed by atoms with Crippen molar-refractivity contribution in [2.45, 2.75) is 13.1 Å². The summed E-state index contributed by atoms with van der Waals surface area (Å²) in [6.07, 6.45) is 0. The highest BCUT2D eigenvalue weighted by atomic mass is 35.5. The zero-order chi connectivity index (χ0) is 14.9. The lowest BCUT2D eigenvalue weighted by atomic mass is 10.0. The van der Waals surface area contributed by atoms with Crippen LogP contribution in [0, 0.1) is 0 Å². The lowest BCUT2D eigenvalue weighted by Crippen LogP contribution is -3.00. The van der Waals surface area contributed by atoms with E-state index >= 15 is 0 Å². The smallest absolute Gasteiger partial charge is 0.129 e. The zero-order valence-corrected chi connectivity index (χ0v) is 15.6. The summed E-state index contributed by atoms with van der Waals surface area (Å²) >= 11 is 0. The van der Waals surface area contributed by atoms with Crippen LogP contribution in [-0.2, 0) is 13.1 Å². The van der Waals surface area contributed by atoms with Crippen molar-refractivity contribution in [3.63, 3.8) is 0 Å². The molecule has 3 saturated heterocycles. The van der Waals surface area contributed by atoms with Crippen molar-refractivity contribution in [3.05, 3.63) is 71.8 Å². The van der Waals surface area contributed by atoms with Gasteiger partial charge in [0, 0.05) is 11.1 Å². The Balaban J connectivity index is 0.00000104. The van der Waals surface area contributed by atoms with E-state index in [0.717, 1.165) is 0 Å². The molecule has 3 fully saturated rings. The summed E-state index contributed by atoms with van der Waals surface area (Å²) in [6, 6.07) is 22.1. The molecule has 0 N–H and O–H groups in total. The number of benzene rings is 2. The van der Waals surface area contributed by atoms with Crippen molar-refractivity contribution in [1.29, 1.82) is 0 Å². The molecule has 5 rings (SSSR count). The number of fused-ring (bicyclic) bond motifs is 3. The van der Waals surface area contributed by atoms with Crippen LogP contribution in [0.15, 0.2) is 60.7 Å². The summed E-state index contributed by atoms with van der Waals surface area (Å²) < 4.78 is 2.64. The maximum atomic E-state index is 2.29. The van der Waals surface area contributed by atoms with Crippen LogP contribution in [0.1, 0.15) is 11.1 Å². The number of nitrogens with zero attached hydrogens (tertiary/aromatic N) is 2. The molecular weight excluding hydrogens is 339 g/mol. The van der Waals surface area contributed by atoms with Crippen molar-refractivity contribution in [2.75, 3.05) is 39.3 Å². The third-order valence-electron chi connectivity index (χ3n) is 5.87. The van der Waals surface area contributed by atoms with Gasteiger partial charge in [-0.3, -0.25) is 0 Å². The second kappa shape index (κ2) is 7.88. The maximum absolute atomic E-state index is 2.29. The summed E-state index contributed by atoms with van der Waals surface area (Å²) in [5, 5.41) is 0. The molecule has 0 radical (unpaired) electrons. The molecule has 2 aromatic carbocycles. The van der Waals surface area contributed by atoms with Gasteiger partial charge in [0.1, 0.15) is 52.4 Å². The standard InChI is InChI=1S/C20H26N2.2ClH/c1-3-7-19(8-4-1)17-21-11-14-22(15-12-21,16-13-21)18-20-9-5-2-6-10-20;;/h1-10H,11-18H2;2*1H/q+2;;/p-2. The van der Waals surface area contributed by atoms with Crippen molar-refractivity contribution in [3.8, 4) is 0 Å². The summed E-state index contributed by atoms with van der Waals surface area (Å²) in [7, 11) is 0. The average molecular weight is 365 g/mol. The van der Waals surface area contributed by atoms with E-state index in [-0.39, 0.29) is 24.8 Å². The minimum absolute atomic E-state index is 0. The number of piperazine rings is 3. The summed E-state index contributed by atoms with van der Waals surface area (Å²) in [4.78, 5) is 0. The molecule has 130 valence electrons. The largest absolute Gasteiger partial charge is 1.00 e. The summed E-state index contributed by atoms with van der Waals surface area (Å²) in [5.41, 5.74) is 3.01. The molecule has 2 bridgehead atoms. The highest BCUT2D eigenvalue weighted by molar-refractivity contribution is 5.14. The number of quaternary nitrogens is 2.